The van der Waals surface area contributed by atoms with E-state index in [0.717, 1.165) is 0 Å². The van der Waals surface area contributed by atoms with Gasteiger partial charge in [0.05, 0.1) is 0 Å². The molecule has 0 rings (SSSR count). The van der Waals surface area contributed by atoms with Crippen LogP contribution in [0.25, 0.3) is 0 Å². The molecule has 0 bridgehead atoms. The summed E-state index contributed by atoms with van der Waals surface area (Å²) in [5.74, 6) is 0. The average molecular weight is 91.0 g/mol. The van der Waals surface area contributed by atoms with E-state index in [2.05, 4.69) is 0 Å². The zero-order valence-corrected chi connectivity index (χ0v) is 2.77. The number of hydroxylamine groups is 1. The summed E-state index contributed by atoms with van der Waals surface area (Å²) in [5, 5.41) is 17.1. The number of carbonyl (C=O) groups is 1. The lowest BCUT2D eigenvalue weighted by molar-refractivity contribution is -0.761. The Bertz CT molecular complexity index is 76.9. The van der Waals surface area contributed by atoms with Crippen LogP contribution in [-0.2, 0) is 4.79 Å². The van der Waals surface area contributed by atoms with Crippen molar-refractivity contribution in [1.29, 1.82) is 0 Å². The van der Waals surface area contributed by atoms with Gasteiger partial charge in [0, 0.05) is 0 Å². The fourth-order valence-electron chi connectivity index (χ4n) is 0.0211. The van der Waals surface area contributed by atoms with Gasteiger partial charge in [-0.05, 0) is 0 Å². The van der Waals surface area contributed by atoms with Gasteiger partial charge in [-0.1, -0.05) is 0 Å². The molecule has 1 amide bonds. The van der Waals surface area contributed by atoms with Gasteiger partial charge in [0.15, 0.2) is 0 Å². The van der Waals surface area contributed by atoms with E-state index in [1.165, 1.54) is 0 Å². The number of hydrogen-bond acceptors (Lipinski definition) is 2. The first-order chi connectivity index (χ1) is 2.81. The number of carbonyl (C=O) groups excluding carboxylic acids is 1. The Kier molecular flexibility index (Phi) is 1.73. The highest BCUT2D eigenvalue weighted by Crippen LogP contribution is 1.52. The molecule has 2 N–H and O–H groups in total. The first-order valence-corrected chi connectivity index (χ1v) is 1.09. The lowest BCUT2D eigenvalue weighted by atomic mass is 11.4. The molecule has 0 saturated heterocycles. The van der Waals surface area contributed by atoms with Gasteiger partial charge in [0.25, 0.3) is 0 Å². The molecule has 0 radical (unpaired) electrons. The van der Waals surface area contributed by atoms with Crippen molar-refractivity contribution >= 4 is 6.41 Å². The van der Waals surface area contributed by atoms with E-state index >= 15 is 0 Å². The molecule has 5 nitrogen and oxygen atoms in total. The third kappa shape index (κ3) is 1.22. The predicted octanol–water partition coefficient (Wildman–Crippen LogP) is -0.614. The summed E-state index contributed by atoms with van der Waals surface area (Å²) in [6, 6.07) is 0. The summed E-state index contributed by atoms with van der Waals surface area (Å²) < 4.78 is 0. The van der Waals surface area contributed by atoms with Crippen LogP contribution in [-0.4, -0.2) is 21.7 Å². The van der Waals surface area contributed by atoms with Crippen LogP contribution in [0, 0.1) is 0 Å². The minimum atomic E-state index is -0.250. The second-order valence-corrected chi connectivity index (χ2v) is 0.515. The van der Waals surface area contributed by atoms with Gasteiger partial charge < -0.3 is 5.21 Å². The summed E-state index contributed by atoms with van der Waals surface area (Å²) in [4.78, 5) is 8.91. The Balaban J connectivity index is 3.50. The standard InChI is InChI=1S/CH2N2O3/c4-1-3(6)2-5/h1,6H/p+1. The molecule has 0 aliphatic rings. The fourth-order valence-corrected chi connectivity index (χ4v) is 0.0211. The first-order valence-electron chi connectivity index (χ1n) is 1.09. The van der Waals surface area contributed by atoms with Gasteiger partial charge in [-0.3, -0.25) is 5.21 Å². The van der Waals surface area contributed by atoms with Crippen molar-refractivity contribution in [3.8, 4) is 0 Å². The highest BCUT2D eigenvalue weighted by molar-refractivity contribution is 5.32. The molecule has 0 spiro atoms. The SMILES string of the molecule is O=C/[N+](O)=N/O. The Morgan fingerprint density at radius 3 is 2.33 bits per heavy atom. The maximum absolute atomic E-state index is 9.16. The van der Waals surface area contributed by atoms with E-state index < -0.39 is 0 Å². The summed E-state index contributed by atoms with van der Waals surface area (Å²) in [6.45, 7) is 0. The van der Waals surface area contributed by atoms with Crippen LogP contribution in [0.3, 0.4) is 0 Å². The summed E-state index contributed by atoms with van der Waals surface area (Å²) in [5.41, 5.74) is 0. The number of rotatable bonds is 1. The lowest BCUT2D eigenvalue weighted by Gasteiger charge is -1.60. The van der Waals surface area contributed by atoms with Gasteiger partial charge in [-0.2, -0.15) is 0 Å². The molecule has 0 fully saturated rings. The van der Waals surface area contributed by atoms with Gasteiger partial charge in [-0.15, -0.1) is 0 Å². The summed E-state index contributed by atoms with van der Waals surface area (Å²) in [6.07, 6.45) is -0.0556. The van der Waals surface area contributed by atoms with Crippen LogP contribution in [0.1, 0.15) is 0 Å². The molecule has 0 atom stereocenters. The van der Waals surface area contributed by atoms with Gasteiger partial charge >= 0.3 is 6.41 Å². The van der Waals surface area contributed by atoms with E-state index in [1.807, 2.05) is 5.28 Å². The van der Waals surface area contributed by atoms with Crippen LogP contribution >= 0.6 is 0 Å². The zero-order chi connectivity index (χ0) is 4.99. The summed E-state index contributed by atoms with van der Waals surface area (Å²) >= 11 is 0. The van der Waals surface area contributed by atoms with Gasteiger partial charge in [0.1, 0.15) is 0 Å². The molecule has 5 heteroatoms. The first kappa shape index (κ1) is 4.87. The number of nitrogens with zero attached hydrogens (tertiary/aromatic N) is 2. The quantitative estimate of drug-likeness (QED) is 0.148. The molecule has 0 aliphatic carbocycles. The van der Waals surface area contributed by atoms with Crippen molar-refractivity contribution in [3.05, 3.63) is 0 Å². The molecule has 0 aromatic rings. The van der Waals surface area contributed by atoms with E-state index in [-0.39, 0.29) is 11.3 Å². The van der Waals surface area contributed by atoms with Gasteiger partial charge in [0.2, 0.25) is 10.1 Å². The highest BCUT2D eigenvalue weighted by Gasteiger charge is 1.90. The smallest absolute Gasteiger partial charge is 0.359 e. The second-order valence-electron chi connectivity index (χ2n) is 0.515. The van der Waals surface area contributed by atoms with Crippen molar-refractivity contribution in [2.75, 3.05) is 0 Å². The van der Waals surface area contributed by atoms with Crippen molar-refractivity contribution in [1.82, 2.24) is 0 Å². The van der Waals surface area contributed by atoms with Crippen molar-refractivity contribution < 1.29 is 20.1 Å². The minimum Gasteiger partial charge on any atom is -0.359 e. The van der Waals surface area contributed by atoms with Crippen LogP contribution in [0.5, 0.6) is 0 Å². The largest absolute Gasteiger partial charge is 0.455 e. The molecular weight excluding hydrogens is 88.0 g/mol. The third-order valence-corrected chi connectivity index (χ3v) is 0.186. The monoisotopic (exact) mass is 91.0 g/mol. The molecule has 6 heavy (non-hydrogen) atoms. The Morgan fingerprint density at radius 2 is 2.33 bits per heavy atom. The average Bonchev–Trinajstić information content (AvgIpc) is 1.65. The molecule has 0 saturated carbocycles. The van der Waals surface area contributed by atoms with Crippen LogP contribution < -0.4 is 0 Å². The molecule has 0 aliphatic heterocycles. The molecular formula is CH3N2O3+. The zero-order valence-electron chi connectivity index (χ0n) is 2.77. The second kappa shape index (κ2) is 2.13. The molecule has 0 aromatic carbocycles. The Hall–Kier alpha value is -1.13. The third-order valence-electron chi connectivity index (χ3n) is 0.186. The van der Waals surface area contributed by atoms with E-state index in [9.17, 15) is 0 Å². The predicted molar refractivity (Wildman–Crippen MR) is 12.3 cm³/mol. The van der Waals surface area contributed by atoms with Crippen LogP contribution in [0.2, 0.25) is 0 Å². The molecule has 0 heterocycles. The lowest BCUT2D eigenvalue weighted by Crippen LogP contribution is -1.97. The fraction of sp³-hybridized carbons (Fsp3) is 0. The van der Waals surface area contributed by atoms with Gasteiger partial charge in [-0.25, -0.2) is 4.79 Å². The van der Waals surface area contributed by atoms with Crippen molar-refractivity contribution in [2.24, 2.45) is 5.28 Å². The normalized spacial score (nSPS) is 11.0. The number of hydrogen-bond donors (Lipinski definition) is 2. The van der Waals surface area contributed by atoms with Crippen LogP contribution in [0.4, 0.5) is 0 Å². The molecule has 34 valence electrons. The maximum atomic E-state index is 9.16. The summed E-state index contributed by atoms with van der Waals surface area (Å²) in [7, 11) is 0. The van der Waals surface area contributed by atoms with E-state index in [4.69, 9.17) is 15.2 Å². The number of amides is 1. The highest BCUT2D eigenvalue weighted by atomic mass is 16.6. The molecule has 0 aromatic heterocycles. The maximum Gasteiger partial charge on any atom is 0.455 e. The molecule has 0 unspecified atom stereocenters. The van der Waals surface area contributed by atoms with E-state index in [0.29, 0.717) is 0 Å². The Labute approximate surface area is 33.1 Å². The van der Waals surface area contributed by atoms with Crippen molar-refractivity contribution in [2.45, 2.75) is 0 Å². The Morgan fingerprint density at radius 1 is 1.83 bits per heavy atom. The van der Waals surface area contributed by atoms with Crippen molar-refractivity contribution in [3.63, 3.8) is 0 Å². The topological polar surface area (TPSA) is 72.9 Å². The van der Waals surface area contributed by atoms with E-state index in [1.54, 1.807) is 0 Å². The minimum absolute atomic E-state index is 0.0556. The van der Waals surface area contributed by atoms with Crippen LogP contribution in [0.15, 0.2) is 5.28 Å².